The van der Waals surface area contributed by atoms with Gasteiger partial charge in [0.05, 0.1) is 23.9 Å². The monoisotopic (exact) mass is 343 g/mol. The molecule has 0 aromatic carbocycles. The Kier molecular flexibility index (Phi) is 2.97. The average molecular weight is 343 g/mol. The van der Waals surface area contributed by atoms with Gasteiger partial charge in [-0.1, -0.05) is 0 Å². The van der Waals surface area contributed by atoms with E-state index < -0.39 is 0 Å². The number of H-pyrrole nitrogens is 2. The molecule has 2 bridgehead atoms. The average Bonchev–Trinajstić information content (AvgIpc) is 3.28. The molecule has 3 aromatic rings. The molecular formula is C16H17N5O2S. The zero-order chi connectivity index (χ0) is 16.4. The fraction of sp³-hybridized carbons (Fsp3) is 0.438. The molecule has 24 heavy (non-hydrogen) atoms. The van der Waals surface area contributed by atoms with Gasteiger partial charge in [0.1, 0.15) is 10.5 Å². The molecule has 4 atom stereocenters. The molecular weight excluding hydrogens is 326 g/mol. The van der Waals surface area contributed by atoms with Crippen molar-refractivity contribution in [1.29, 1.82) is 0 Å². The van der Waals surface area contributed by atoms with E-state index in [2.05, 4.69) is 25.5 Å². The molecule has 8 heteroatoms. The highest BCUT2D eigenvalue weighted by molar-refractivity contribution is 7.22. The summed E-state index contributed by atoms with van der Waals surface area (Å²) in [6, 6.07) is 2.19. The van der Waals surface area contributed by atoms with Crippen molar-refractivity contribution in [2.45, 2.75) is 38.0 Å². The lowest BCUT2D eigenvalue weighted by Crippen LogP contribution is -2.37. The Morgan fingerprint density at radius 1 is 1.38 bits per heavy atom. The second-order valence-corrected chi connectivity index (χ2v) is 7.78. The molecule has 1 saturated carbocycles. The van der Waals surface area contributed by atoms with Crippen molar-refractivity contribution in [3.8, 4) is 10.4 Å². The van der Waals surface area contributed by atoms with Crippen LogP contribution in [-0.2, 0) is 0 Å². The highest BCUT2D eigenvalue weighted by Gasteiger charge is 2.46. The topological polar surface area (TPSA) is 107 Å². The minimum atomic E-state index is -0.311. The number of aryl methyl sites for hydroxylation is 1. The van der Waals surface area contributed by atoms with Gasteiger partial charge in [0.2, 0.25) is 0 Å². The van der Waals surface area contributed by atoms with Crippen molar-refractivity contribution in [3.63, 3.8) is 0 Å². The zero-order valence-electron chi connectivity index (χ0n) is 13.0. The number of aromatic amines is 2. The number of hydrogen-bond donors (Lipinski definition) is 4. The Labute approximate surface area is 141 Å². The Morgan fingerprint density at radius 2 is 2.25 bits per heavy atom. The number of aliphatic hydroxyl groups is 1. The van der Waals surface area contributed by atoms with E-state index in [1.807, 2.05) is 13.0 Å². The largest absolute Gasteiger partial charge is 0.393 e. The van der Waals surface area contributed by atoms with Crippen molar-refractivity contribution in [1.82, 2.24) is 25.5 Å². The number of fused-ring (bicyclic) bond motifs is 3. The molecule has 1 unspecified atom stereocenters. The van der Waals surface area contributed by atoms with Gasteiger partial charge in [0, 0.05) is 28.1 Å². The number of nitrogens with one attached hydrogen (secondary N) is 3. The summed E-state index contributed by atoms with van der Waals surface area (Å²) < 4.78 is 0.623. The fourth-order valence-corrected chi connectivity index (χ4v) is 5.10. The first kappa shape index (κ1) is 14.3. The first-order valence-corrected chi connectivity index (χ1v) is 8.90. The van der Waals surface area contributed by atoms with Gasteiger partial charge in [-0.05, 0) is 25.8 Å². The van der Waals surface area contributed by atoms with Crippen LogP contribution in [-0.4, -0.2) is 37.4 Å². The van der Waals surface area contributed by atoms with E-state index in [1.54, 1.807) is 6.20 Å². The standard InChI is InChI=1S/C16H17N5O2S/c1-6-9(5-17-21-6)12-4-10-14(24-12)16(23)20-15(19-10)13-8-2-7(18-13)3-11(8)22/h4-5,7-8,11,13,18,22H,2-3H2,1H3,(H,17,21)(H,19,20,23)/t7-,8?,11-,13-/m0/s1. The summed E-state index contributed by atoms with van der Waals surface area (Å²) in [4.78, 5) is 21.1. The maximum absolute atomic E-state index is 12.5. The summed E-state index contributed by atoms with van der Waals surface area (Å²) in [5.41, 5.74) is 2.54. The number of nitrogens with zero attached hydrogens (tertiary/aromatic N) is 2. The normalized spacial score (nSPS) is 28.9. The van der Waals surface area contributed by atoms with Crippen LogP contribution in [0.4, 0.5) is 0 Å². The van der Waals surface area contributed by atoms with E-state index in [4.69, 9.17) is 0 Å². The van der Waals surface area contributed by atoms with Crippen LogP contribution in [0.3, 0.4) is 0 Å². The molecule has 1 saturated heterocycles. The Bertz CT molecular complexity index is 990. The van der Waals surface area contributed by atoms with Crippen LogP contribution in [0, 0.1) is 12.8 Å². The molecule has 1 aliphatic carbocycles. The van der Waals surface area contributed by atoms with E-state index in [0.717, 1.165) is 29.0 Å². The number of piperidine rings is 1. The molecule has 4 N–H and O–H groups in total. The van der Waals surface area contributed by atoms with Crippen LogP contribution < -0.4 is 10.9 Å². The smallest absolute Gasteiger partial charge is 0.268 e. The summed E-state index contributed by atoms with van der Waals surface area (Å²) in [5, 5.41) is 20.6. The lowest BCUT2D eigenvalue weighted by molar-refractivity contribution is 0.0953. The summed E-state index contributed by atoms with van der Waals surface area (Å²) in [5.74, 6) is 0.761. The van der Waals surface area contributed by atoms with Crippen LogP contribution in [0.5, 0.6) is 0 Å². The molecule has 0 radical (unpaired) electrons. The van der Waals surface area contributed by atoms with Gasteiger partial charge in [-0.2, -0.15) is 5.10 Å². The van der Waals surface area contributed by atoms with Crippen LogP contribution >= 0.6 is 11.3 Å². The van der Waals surface area contributed by atoms with Gasteiger partial charge in [-0.25, -0.2) is 4.98 Å². The third kappa shape index (κ3) is 2.00. The van der Waals surface area contributed by atoms with Crippen LogP contribution in [0.1, 0.15) is 30.4 Å². The number of aromatic nitrogens is 4. The molecule has 5 rings (SSSR count). The molecule has 2 fully saturated rings. The third-order valence-electron chi connectivity index (χ3n) is 5.21. The van der Waals surface area contributed by atoms with Gasteiger partial charge < -0.3 is 15.4 Å². The van der Waals surface area contributed by atoms with Crippen molar-refractivity contribution in [2.75, 3.05) is 0 Å². The highest BCUT2D eigenvalue weighted by Crippen LogP contribution is 2.42. The number of aliphatic hydroxyl groups excluding tert-OH is 1. The SMILES string of the molecule is Cc1[nH]ncc1-c1cc2nc([C@H]3N[C@H]4CC3[C@@H](O)C4)[nH]c(=O)c2s1. The van der Waals surface area contributed by atoms with E-state index in [9.17, 15) is 9.90 Å². The van der Waals surface area contributed by atoms with Gasteiger partial charge >= 0.3 is 0 Å². The van der Waals surface area contributed by atoms with Crippen LogP contribution in [0.15, 0.2) is 17.1 Å². The molecule has 2 aliphatic rings. The van der Waals surface area contributed by atoms with Gasteiger partial charge in [0.25, 0.3) is 5.56 Å². The predicted molar refractivity (Wildman–Crippen MR) is 91.0 cm³/mol. The van der Waals surface area contributed by atoms with E-state index in [1.165, 1.54) is 11.3 Å². The fourth-order valence-electron chi connectivity index (χ4n) is 4.04. The van der Waals surface area contributed by atoms with E-state index in [0.29, 0.717) is 22.1 Å². The number of thiophene rings is 1. The number of hydrogen-bond acceptors (Lipinski definition) is 6. The van der Waals surface area contributed by atoms with Crippen molar-refractivity contribution >= 4 is 21.6 Å². The molecule has 124 valence electrons. The highest BCUT2D eigenvalue weighted by atomic mass is 32.1. The minimum absolute atomic E-state index is 0.0742. The minimum Gasteiger partial charge on any atom is -0.393 e. The van der Waals surface area contributed by atoms with Gasteiger partial charge in [0.15, 0.2) is 0 Å². The Balaban J connectivity index is 1.60. The molecule has 4 heterocycles. The van der Waals surface area contributed by atoms with Crippen LogP contribution in [0.25, 0.3) is 20.7 Å². The molecule has 0 spiro atoms. The molecule has 0 amide bonds. The summed E-state index contributed by atoms with van der Waals surface area (Å²) >= 11 is 1.43. The molecule has 3 aromatic heterocycles. The third-order valence-corrected chi connectivity index (χ3v) is 6.37. The van der Waals surface area contributed by atoms with Gasteiger partial charge in [-0.3, -0.25) is 9.89 Å². The second-order valence-electron chi connectivity index (χ2n) is 6.73. The first-order chi connectivity index (χ1) is 11.6. The first-order valence-electron chi connectivity index (χ1n) is 8.08. The Morgan fingerprint density at radius 3 is 2.96 bits per heavy atom. The lowest BCUT2D eigenvalue weighted by Gasteiger charge is -2.26. The van der Waals surface area contributed by atoms with Gasteiger partial charge in [-0.15, -0.1) is 11.3 Å². The van der Waals surface area contributed by atoms with E-state index >= 15 is 0 Å². The van der Waals surface area contributed by atoms with Crippen molar-refractivity contribution in [2.24, 2.45) is 5.92 Å². The number of rotatable bonds is 2. The molecule has 1 aliphatic heterocycles. The zero-order valence-corrected chi connectivity index (χ0v) is 13.9. The van der Waals surface area contributed by atoms with Crippen molar-refractivity contribution in [3.05, 3.63) is 34.1 Å². The summed E-state index contributed by atoms with van der Waals surface area (Å²) in [6.45, 7) is 1.95. The van der Waals surface area contributed by atoms with Crippen molar-refractivity contribution < 1.29 is 5.11 Å². The predicted octanol–water partition coefficient (Wildman–Crippen LogP) is 1.47. The summed E-state index contributed by atoms with van der Waals surface area (Å²) in [7, 11) is 0. The quantitative estimate of drug-likeness (QED) is 0.564. The molecule has 7 nitrogen and oxygen atoms in total. The van der Waals surface area contributed by atoms with E-state index in [-0.39, 0.29) is 23.6 Å². The van der Waals surface area contributed by atoms with Crippen LogP contribution in [0.2, 0.25) is 0 Å². The maximum atomic E-state index is 12.5. The second kappa shape index (κ2) is 4.98. The maximum Gasteiger partial charge on any atom is 0.268 e. The summed E-state index contributed by atoms with van der Waals surface area (Å²) in [6.07, 6.45) is 3.18. The Hall–Kier alpha value is -2.03. The lowest BCUT2D eigenvalue weighted by atomic mass is 9.96.